The zero-order valence-corrected chi connectivity index (χ0v) is 13.2. The molecule has 0 unspecified atom stereocenters. The number of fused-ring (bicyclic) bond motifs is 1. The van der Waals surface area contributed by atoms with Crippen molar-refractivity contribution in [1.82, 2.24) is 15.3 Å². The summed E-state index contributed by atoms with van der Waals surface area (Å²) in [6.07, 6.45) is 2.57. The molecule has 0 bridgehead atoms. The van der Waals surface area contributed by atoms with Crippen LogP contribution >= 0.6 is 23.4 Å². The fraction of sp³-hybridized carbons (Fsp3) is 0.375. The van der Waals surface area contributed by atoms with Gasteiger partial charge in [-0.3, -0.25) is 0 Å². The maximum Gasteiger partial charge on any atom is 0.139 e. The smallest absolute Gasteiger partial charge is 0.139 e. The molecule has 1 aliphatic heterocycles. The van der Waals surface area contributed by atoms with E-state index in [2.05, 4.69) is 5.32 Å². The van der Waals surface area contributed by atoms with Gasteiger partial charge in [0.2, 0.25) is 0 Å². The zero-order valence-electron chi connectivity index (χ0n) is 11.6. The van der Waals surface area contributed by atoms with Gasteiger partial charge in [0, 0.05) is 34.5 Å². The summed E-state index contributed by atoms with van der Waals surface area (Å²) in [6, 6.07) is 7.94. The van der Waals surface area contributed by atoms with Crippen LogP contribution in [-0.4, -0.2) is 9.97 Å². The predicted molar refractivity (Wildman–Crippen MR) is 85.6 cm³/mol. The minimum Gasteiger partial charge on any atom is -0.307 e. The maximum atomic E-state index is 5.91. The Morgan fingerprint density at radius 1 is 1.14 bits per heavy atom. The number of nitrogens with one attached hydrogen (secondary N) is 1. The Balaban J connectivity index is 1.55. The van der Waals surface area contributed by atoms with Crippen molar-refractivity contribution < 1.29 is 0 Å². The van der Waals surface area contributed by atoms with Gasteiger partial charge in [0.05, 0.1) is 17.1 Å². The highest BCUT2D eigenvalue weighted by atomic mass is 35.5. The zero-order chi connectivity index (χ0) is 14.2. The fourth-order valence-corrected chi connectivity index (χ4v) is 3.56. The molecule has 0 radical (unpaired) electrons. The Labute approximate surface area is 133 Å². The molecule has 21 heavy (non-hydrogen) atoms. The summed E-state index contributed by atoms with van der Waals surface area (Å²) in [5.74, 6) is 2.45. The number of rotatable bonds is 4. The van der Waals surface area contributed by atoms with Gasteiger partial charge in [0.1, 0.15) is 5.82 Å². The second kappa shape index (κ2) is 5.59. The number of halogens is 1. The van der Waals surface area contributed by atoms with Crippen LogP contribution in [0.2, 0.25) is 5.02 Å². The van der Waals surface area contributed by atoms with Crippen LogP contribution in [0.25, 0.3) is 0 Å². The molecule has 1 aliphatic carbocycles. The number of thioether (sulfide) groups is 1. The van der Waals surface area contributed by atoms with E-state index in [9.17, 15) is 0 Å². The van der Waals surface area contributed by atoms with E-state index < -0.39 is 0 Å². The van der Waals surface area contributed by atoms with Crippen molar-refractivity contribution in [3.05, 3.63) is 52.1 Å². The van der Waals surface area contributed by atoms with Crippen molar-refractivity contribution in [2.45, 2.75) is 42.5 Å². The molecule has 0 saturated heterocycles. The number of hydrogen-bond donors (Lipinski definition) is 1. The Kier molecular flexibility index (Phi) is 3.61. The molecule has 1 fully saturated rings. The summed E-state index contributed by atoms with van der Waals surface area (Å²) in [6.45, 7) is 1.82. The molecule has 0 spiro atoms. The van der Waals surface area contributed by atoms with Crippen LogP contribution < -0.4 is 5.32 Å². The largest absolute Gasteiger partial charge is 0.307 e. The predicted octanol–water partition coefficient (Wildman–Crippen LogP) is 3.90. The third kappa shape index (κ3) is 2.93. The van der Waals surface area contributed by atoms with E-state index in [0.29, 0.717) is 5.92 Å². The van der Waals surface area contributed by atoms with Crippen molar-refractivity contribution in [3.8, 4) is 0 Å². The summed E-state index contributed by atoms with van der Waals surface area (Å²) in [7, 11) is 0. The van der Waals surface area contributed by atoms with E-state index in [-0.39, 0.29) is 0 Å². The summed E-state index contributed by atoms with van der Waals surface area (Å²) in [4.78, 5) is 10.8. The third-order valence-corrected chi connectivity index (χ3v) is 5.17. The lowest BCUT2D eigenvalue weighted by molar-refractivity contribution is 0.755. The van der Waals surface area contributed by atoms with E-state index in [1.807, 2.05) is 24.3 Å². The maximum absolute atomic E-state index is 5.91. The van der Waals surface area contributed by atoms with Crippen molar-refractivity contribution in [3.63, 3.8) is 0 Å². The quantitative estimate of drug-likeness (QED) is 0.868. The van der Waals surface area contributed by atoms with Crippen LogP contribution in [0.4, 0.5) is 0 Å². The van der Waals surface area contributed by atoms with Crippen molar-refractivity contribution in [1.29, 1.82) is 0 Å². The van der Waals surface area contributed by atoms with Crippen LogP contribution in [0.5, 0.6) is 0 Å². The topological polar surface area (TPSA) is 37.8 Å². The first-order chi connectivity index (χ1) is 10.3. The number of benzene rings is 1. The minimum absolute atomic E-state index is 0.681. The van der Waals surface area contributed by atoms with Crippen LogP contribution in [-0.2, 0) is 18.8 Å². The van der Waals surface area contributed by atoms with Gasteiger partial charge in [0.25, 0.3) is 0 Å². The van der Waals surface area contributed by atoms with Gasteiger partial charge < -0.3 is 5.32 Å². The highest BCUT2D eigenvalue weighted by Crippen LogP contribution is 2.42. The van der Waals surface area contributed by atoms with Crippen molar-refractivity contribution >= 4 is 23.4 Å². The van der Waals surface area contributed by atoms with Crippen molar-refractivity contribution in [2.24, 2.45) is 0 Å². The minimum atomic E-state index is 0.681. The molecule has 5 heteroatoms. The van der Waals surface area contributed by atoms with Gasteiger partial charge in [-0.05, 0) is 37.1 Å². The standard InChI is InChI=1S/C16H16ClN3S/c17-11-3-5-12(6-4-11)21-9-15-19-14-8-18-7-13(14)16(20-15)10-1-2-10/h3-6,10,18H,1-2,7-9H2. The van der Waals surface area contributed by atoms with E-state index in [0.717, 1.165) is 29.7 Å². The Morgan fingerprint density at radius 2 is 1.95 bits per heavy atom. The SMILES string of the molecule is Clc1ccc(SCc2nc3c(c(C4CC4)n2)CNC3)cc1. The van der Waals surface area contributed by atoms with Crippen LogP contribution in [0.15, 0.2) is 29.2 Å². The Hall–Kier alpha value is -1.10. The monoisotopic (exact) mass is 317 g/mol. The molecule has 2 heterocycles. The average Bonchev–Trinajstić information content (AvgIpc) is 3.23. The molecular formula is C16H16ClN3S. The van der Waals surface area contributed by atoms with Gasteiger partial charge in [-0.2, -0.15) is 0 Å². The van der Waals surface area contributed by atoms with Gasteiger partial charge in [-0.15, -0.1) is 11.8 Å². The third-order valence-electron chi connectivity index (χ3n) is 3.91. The van der Waals surface area contributed by atoms with E-state index in [4.69, 9.17) is 21.6 Å². The normalized spacial score (nSPS) is 17.0. The summed E-state index contributed by atoms with van der Waals surface area (Å²) < 4.78 is 0. The summed E-state index contributed by atoms with van der Waals surface area (Å²) in [5.41, 5.74) is 3.87. The second-order valence-corrected chi connectivity index (χ2v) is 7.06. The van der Waals surface area contributed by atoms with Crippen LogP contribution in [0.3, 0.4) is 0 Å². The molecule has 0 amide bonds. The first-order valence-electron chi connectivity index (χ1n) is 7.27. The summed E-state index contributed by atoms with van der Waals surface area (Å²) >= 11 is 7.68. The molecule has 3 nitrogen and oxygen atoms in total. The van der Waals surface area contributed by atoms with Gasteiger partial charge in [-0.25, -0.2) is 9.97 Å². The lowest BCUT2D eigenvalue weighted by Crippen LogP contribution is -2.04. The first kappa shape index (κ1) is 13.6. The lowest BCUT2D eigenvalue weighted by Gasteiger charge is -2.09. The molecular weight excluding hydrogens is 302 g/mol. The second-order valence-electron chi connectivity index (χ2n) is 5.57. The molecule has 1 aromatic carbocycles. The highest BCUT2D eigenvalue weighted by Gasteiger charge is 2.31. The molecule has 1 aromatic heterocycles. The van der Waals surface area contributed by atoms with Gasteiger partial charge in [-0.1, -0.05) is 11.6 Å². The number of aromatic nitrogens is 2. The van der Waals surface area contributed by atoms with E-state index in [1.54, 1.807) is 11.8 Å². The molecule has 1 saturated carbocycles. The molecule has 0 atom stereocenters. The van der Waals surface area contributed by atoms with Gasteiger partial charge in [0.15, 0.2) is 0 Å². The Bertz CT molecular complexity index is 668. The number of nitrogens with zero attached hydrogens (tertiary/aromatic N) is 2. The highest BCUT2D eigenvalue weighted by molar-refractivity contribution is 7.98. The molecule has 1 N–H and O–H groups in total. The van der Waals surface area contributed by atoms with E-state index >= 15 is 0 Å². The summed E-state index contributed by atoms with van der Waals surface area (Å²) in [5, 5.41) is 4.17. The van der Waals surface area contributed by atoms with E-state index in [1.165, 1.54) is 34.7 Å². The molecule has 2 aliphatic rings. The molecule has 4 rings (SSSR count). The van der Waals surface area contributed by atoms with Crippen LogP contribution in [0.1, 0.15) is 41.5 Å². The fourth-order valence-electron chi connectivity index (χ4n) is 2.69. The molecule has 2 aromatic rings. The average molecular weight is 318 g/mol. The Morgan fingerprint density at radius 3 is 2.71 bits per heavy atom. The lowest BCUT2D eigenvalue weighted by atomic mass is 10.1. The van der Waals surface area contributed by atoms with Crippen LogP contribution in [0, 0.1) is 0 Å². The van der Waals surface area contributed by atoms with Gasteiger partial charge >= 0.3 is 0 Å². The number of hydrogen-bond acceptors (Lipinski definition) is 4. The van der Waals surface area contributed by atoms with Crippen molar-refractivity contribution in [2.75, 3.05) is 0 Å². The molecule has 108 valence electrons. The first-order valence-corrected chi connectivity index (χ1v) is 8.63.